The number of amides is 8. The fourth-order valence-corrected chi connectivity index (χ4v) is 12.0. The van der Waals surface area contributed by atoms with Crippen LogP contribution in [0.15, 0.2) is 91.1 Å². The van der Waals surface area contributed by atoms with Gasteiger partial charge < -0.3 is 89.0 Å². The van der Waals surface area contributed by atoms with Gasteiger partial charge in [-0.2, -0.15) is 25.3 Å². The number of nitrogens with one attached hydrogen (secondary N) is 9. The third kappa shape index (κ3) is 29.1. The molecule has 1 unspecified atom stereocenters. The summed E-state index contributed by atoms with van der Waals surface area (Å²) in [6, 6.07) is 11.1. The van der Waals surface area contributed by atoms with Gasteiger partial charge in [-0.05, 0) is 68.8 Å². The van der Waals surface area contributed by atoms with E-state index in [4.69, 9.17) is 5.73 Å². The number of fused-ring (bicyclic) bond motifs is 1. The van der Waals surface area contributed by atoms with Gasteiger partial charge in [0.1, 0.15) is 48.3 Å². The van der Waals surface area contributed by atoms with Crippen molar-refractivity contribution in [1.82, 2.24) is 67.1 Å². The monoisotopic (exact) mass is 1480 g/mol. The Morgan fingerprint density at radius 2 is 0.903 bits per heavy atom. The lowest BCUT2D eigenvalue weighted by Gasteiger charge is -2.35. The summed E-state index contributed by atoms with van der Waals surface area (Å²) in [5, 5.41) is 91.7. The second-order valence-corrected chi connectivity index (χ2v) is 26.0. The van der Waals surface area contributed by atoms with Crippen LogP contribution in [-0.2, 0) is 76.8 Å². The van der Waals surface area contributed by atoms with E-state index in [0.717, 1.165) is 0 Å². The van der Waals surface area contributed by atoms with Crippen LogP contribution < -0.4 is 48.3 Å². The number of carbonyl (C=O) groups is 12. The first-order valence-electron chi connectivity index (χ1n) is 33.9. The topological polar surface area (TPSA) is 497 Å². The number of aliphatic carboxylic acids is 4. The van der Waals surface area contributed by atoms with Crippen molar-refractivity contribution in [2.24, 2.45) is 5.73 Å². The summed E-state index contributed by atoms with van der Waals surface area (Å²) in [5.41, 5.74) is 8.16. The number of aliphatic hydroxyl groups is 3. The minimum atomic E-state index is -1.72. The molecule has 1 aliphatic heterocycles. The highest BCUT2D eigenvalue weighted by molar-refractivity contribution is 7.80. The number of aromatic nitrogens is 1. The van der Waals surface area contributed by atoms with Gasteiger partial charge in [-0.1, -0.05) is 78.9 Å². The number of unbranched alkanes of at least 4 members (excludes halogenated alkanes) is 1. The fourth-order valence-electron chi connectivity index (χ4n) is 11.5. The van der Waals surface area contributed by atoms with Crippen LogP contribution in [-0.4, -0.2) is 295 Å². The van der Waals surface area contributed by atoms with Crippen LogP contribution in [0.3, 0.4) is 0 Å². The molecule has 1 saturated heterocycles. The van der Waals surface area contributed by atoms with Gasteiger partial charge in [0.05, 0.1) is 44.5 Å². The molecule has 566 valence electrons. The number of aliphatic hydroxyl groups excluding tert-OH is 3. The van der Waals surface area contributed by atoms with E-state index >= 15 is 4.79 Å². The number of rotatable bonds is 41. The minimum absolute atomic E-state index is 0.00723. The SMILES string of the molecule is C[C@@H](O)[C@H](NC(=O)[C@H](CCCCN)NC(=O)[C@@H](Cc1c[nH]c2ccccc12)NC(=O)[C@H](Cc1ccccc1)NC(=O)[C@H](CS)NC(=O)[C@@H](Cc1ccccc1)NC(=O)CCC(C(=O)O)N1CCN(CC(=O)O)CCN(CC(=O)O)CCN(CC(=O)O)CC1)C(=O)N[C@@H](CS)C(=O)N[C@H](CO)[C@@H](C)O. The zero-order valence-electron chi connectivity index (χ0n) is 57.6. The first-order chi connectivity index (χ1) is 49.1. The Morgan fingerprint density at radius 1 is 0.485 bits per heavy atom. The number of H-pyrrole nitrogens is 1. The number of aromatic amines is 1. The Balaban J connectivity index is 1.40. The van der Waals surface area contributed by atoms with Crippen LogP contribution in [0.4, 0.5) is 0 Å². The van der Waals surface area contributed by atoms with Crippen LogP contribution in [0.25, 0.3) is 10.9 Å². The van der Waals surface area contributed by atoms with Gasteiger partial charge >= 0.3 is 23.9 Å². The fraction of sp³-hybridized carbons (Fsp3) is 0.529. The van der Waals surface area contributed by atoms with E-state index in [1.54, 1.807) is 96.0 Å². The van der Waals surface area contributed by atoms with Crippen molar-refractivity contribution >= 4 is 107 Å². The van der Waals surface area contributed by atoms with Crippen molar-refractivity contribution in [2.45, 2.75) is 132 Å². The maximum atomic E-state index is 15.0. The molecule has 18 N–H and O–H groups in total. The van der Waals surface area contributed by atoms with Gasteiger partial charge in [-0.25, -0.2) is 0 Å². The number of carboxylic acids is 4. The van der Waals surface area contributed by atoms with Crippen molar-refractivity contribution in [3.63, 3.8) is 0 Å². The van der Waals surface area contributed by atoms with Gasteiger partial charge in [0.2, 0.25) is 47.3 Å². The minimum Gasteiger partial charge on any atom is -0.480 e. The molecule has 35 heteroatoms. The first kappa shape index (κ1) is 84.9. The smallest absolute Gasteiger partial charge is 0.320 e. The molecule has 0 bridgehead atoms. The molecule has 0 saturated carbocycles. The van der Waals surface area contributed by atoms with Crippen LogP contribution in [0, 0.1) is 0 Å². The summed E-state index contributed by atoms with van der Waals surface area (Å²) in [4.78, 5) is 173. The van der Waals surface area contributed by atoms with Crippen molar-refractivity contribution in [3.8, 4) is 0 Å². The summed E-state index contributed by atoms with van der Waals surface area (Å²) < 4.78 is 0. The number of hydrogen-bond acceptors (Lipinski definition) is 22. The normalized spacial score (nSPS) is 16.9. The highest BCUT2D eigenvalue weighted by Crippen LogP contribution is 2.21. The van der Waals surface area contributed by atoms with Crippen molar-refractivity contribution < 1.29 is 93.3 Å². The summed E-state index contributed by atoms with van der Waals surface area (Å²) >= 11 is 8.58. The molecule has 11 atom stereocenters. The standard InChI is InChI=1S/C68H98N14O19S2/c1-41(84)52(38-83)75-66(98)54(40-103)77-67(99)60(42(2)85)78-61(93)48(19-11-12-22-69)72-64(96)51(33-45-34-70-47-18-10-9-17-46(45)47)74-63(95)50(32-44-15-7-4-8-16-44)73-65(97)53(39-102)76-62(94)49(31-43-13-5-3-6-14-43)71-56(86)21-20-55(68(100)101)82-29-27-80(36-58(89)90)25-23-79(35-57(87)88)24-26-81(28-30-82)37-59(91)92/h3-10,13-18,34,41-42,48-55,60,70,83-85,102-103H,11-12,19-33,35-40,69H2,1-2H3,(H,71,86)(H,72,96)(H,73,97)(H,74,95)(H,75,98)(H,76,94)(H,77,99)(H,78,93)(H,87,88)(H,89,90)(H,91,92)(H,100,101)/t41-,42-,48+,49-,50+,51-,52-,53+,54+,55?,60+/m1/s1. The Labute approximate surface area is 607 Å². The number of carboxylic acid groups (broad SMARTS) is 4. The summed E-state index contributed by atoms with van der Waals surface area (Å²) in [7, 11) is 0. The molecule has 33 nitrogen and oxygen atoms in total. The van der Waals surface area contributed by atoms with E-state index in [1.807, 2.05) is 0 Å². The van der Waals surface area contributed by atoms with Gasteiger partial charge in [-0.3, -0.25) is 77.1 Å². The van der Waals surface area contributed by atoms with Crippen molar-refractivity contribution in [1.29, 1.82) is 0 Å². The predicted octanol–water partition coefficient (Wildman–Crippen LogP) is -3.47. The van der Waals surface area contributed by atoms with Gasteiger partial charge in [-0.15, -0.1) is 0 Å². The number of thiol groups is 2. The van der Waals surface area contributed by atoms with Gasteiger partial charge in [0.25, 0.3) is 0 Å². The number of nitrogens with two attached hydrogens (primary N) is 1. The van der Waals surface area contributed by atoms with E-state index in [-0.39, 0.29) is 109 Å². The zero-order chi connectivity index (χ0) is 75.7. The lowest BCUT2D eigenvalue weighted by Crippen LogP contribution is -2.62. The molecule has 0 spiro atoms. The number of benzene rings is 3. The third-order valence-electron chi connectivity index (χ3n) is 17.3. The molecule has 1 fully saturated rings. The number of carbonyl (C=O) groups excluding carboxylic acids is 8. The predicted molar refractivity (Wildman–Crippen MR) is 383 cm³/mol. The Bertz CT molecular complexity index is 3420. The van der Waals surface area contributed by atoms with E-state index in [0.29, 0.717) is 34.0 Å². The van der Waals surface area contributed by atoms with E-state index in [1.165, 1.54) is 28.5 Å². The van der Waals surface area contributed by atoms with E-state index in [2.05, 4.69) is 72.8 Å². The maximum Gasteiger partial charge on any atom is 0.320 e. The maximum absolute atomic E-state index is 15.0. The van der Waals surface area contributed by atoms with E-state index < -0.39 is 170 Å². The second kappa shape index (κ2) is 44.0. The molecule has 2 heterocycles. The van der Waals surface area contributed by atoms with Crippen molar-refractivity contribution in [2.75, 3.05) is 96.6 Å². The van der Waals surface area contributed by atoms with E-state index in [9.17, 15) is 88.5 Å². The molecule has 1 aliphatic rings. The molecule has 0 radical (unpaired) electrons. The summed E-state index contributed by atoms with van der Waals surface area (Å²) in [6.45, 7) is 0.966. The van der Waals surface area contributed by atoms with Crippen LogP contribution >= 0.6 is 25.3 Å². The second-order valence-electron chi connectivity index (χ2n) is 25.2. The lowest BCUT2D eigenvalue weighted by molar-refractivity contribution is -0.145. The molecule has 103 heavy (non-hydrogen) atoms. The average Bonchev–Trinajstić information content (AvgIpc) is 1.74. The Hall–Kier alpha value is -8.78. The average molecular weight is 1480 g/mol. The van der Waals surface area contributed by atoms with Crippen LogP contribution in [0.5, 0.6) is 0 Å². The highest BCUT2D eigenvalue weighted by Gasteiger charge is 2.37. The van der Waals surface area contributed by atoms with Crippen LogP contribution in [0.1, 0.15) is 62.6 Å². The summed E-state index contributed by atoms with van der Waals surface area (Å²) in [6.07, 6.45) is -1.93. The molecular formula is C68H98N14O19S2. The summed E-state index contributed by atoms with van der Waals surface area (Å²) in [5.74, 6) is -12.8. The number of hydrogen-bond donors (Lipinski definition) is 19. The molecule has 3 aromatic carbocycles. The third-order valence-corrected chi connectivity index (χ3v) is 18.0. The quantitative estimate of drug-likeness (QED) is 0.0152. The first-order valence-corrected chi connectivity index (χ1v) is 35.1. The number of para-hydroxylation sites is 1. The molecule has 0 aliphatic carbocycles. The molecule has 4 aromatic rings. The van der Waals surface area contributed by atoms with Crippen LogP contribution in [0.2, 0.25) is 0 Å². The lowest BCUT2D eigenvalue weighted by atomic mass is 10.0. The molecule has 8 amide bonds. The van der Waals surface area contributed by atoms with Gasteiger partial charge in [0.15, 0.2) is 0 Å². The largest absolute Gasteiger partial charge is 0.480 e. The molecular weight excluding hydrogens is 1380 g/mol. The zero-order valence-corrected chi connectivity index (χ0v) is 59.4. The molecule has 1 aromatic heterocycles. The Morgan fingerprint density at radius 3 is 1.36 bits per heavy atom. The molecule has 5 rings (SSSR count). The van der Waals surface area contributed by atoms with Crippen molar-refractivity contribution in [3.05, 3.63) is 108 Å². The van der Waals surface area contributed by atoms with Gasteiger partial charge in [0, 0.05) is 107 Å². The highest BCUT2D eigenvalue weighted by atomic mass is 32.1. The Kier molecular flexibility index (Phi) is 36.3. The number of nitrogens with zero attached hydrogens (tertiary/aromatic N) is 4.